The van der Waals surface area contributed by atoms with Gasteiger partial charge in [0.2, 0.25) is 0 Å². The number of anilines is 4. The monoisotopic (exact) mass is 419 g/mol. The van der Waals surface area contributed by atoms with E-state index >= 15 is 0 Å². The van der Waals surface area contributed by atoms with E-state index in [0.717, 1.165) is 41.9 Å². The van der Waals surface area contributed by atoms with Crippen molar-refractivity contribution in [2.24, 2.45) is 0 Å². The van der Waals surface area contributed by atoms with Crippen molar-refractivity contribution in [3.8, 4) is 0 Å². The minimum atomic E-state index is 0.481. The molecule has 1 aromatic carbocycles. The van der Waals surface area contributed by atoms with Crippen molar-refractivity contribution < 1.29 is 0 Å². The molecule has 1 heterocycles. The van der Waals surface area contributed by atoms with Crippen LogP contribution in [0.4, 0.5) is 23.0 Å². The molecular formula is C20H30BrN5. The Labute approximate surface area is 165 Å². The molecule has 0 bridgehead atoms. The molecule has 0 atom stereocenters. The molecule has 0 saturated heterocycles. The number of hydrogen-bond donors (Lipinski definition) is 2. The smallest absolute Gasteiger partial charge is 0.159 e. The Morgan fingerprint density at radius 2 is 1.96 bits per heavy atom. The average molecular weight is 420 g/mol. The van der Waals surface area contributed by atoms with Crippen molar-refractivity contribution in [2.45, 2.75) is 53.4 Å². The van der Waals surface area contributed by atoms with Crippen LogP contribution in [0.1, 0.15) is 57.8 Å². The Hall–Kier alpha value is -1.82. The topological polar surface area (TPSA) is 67.1 Å². The lowest BCUT2D eigenvalue weighted by Crippen LogP contribution is -2.26. The number of rotatable bonds is 8. The zero-order chi connectivity index (χ0) is 19.3. The summed E-state index contributed by atoms with van der Waals surface area (Å²) in [6.07, 6.45) is 2.25. The molecule has 3 N–H and O–H groups in total. The molecule has 1 aromatic heterocycles. The fourth-order valence-electron chi connectivity index (χ4n) is 2.78. The highest BCUT2D eigenvalue weighted by molar-refractivity contribution is 9.10. The number of benzene rings is 1. The first-order chi connectivity index (χ1) is 12.4. The average Bonchev–Trinajstić information content (AvgIpc) is 2.60. The maximum absolute atomic E-state index is 6.43. The van der Waals surface area contributed by atoms with E-state index in [1.54, 1.807) is 0 Å². The zero-order valence-electron chi connectivity index (χ0n) is 16.4. The highest BCUT2D eigenvalue weighted by Crippen LogP contribution is 2.33. The number of hydrogen-bond acceptors (Lipinski definition) is 5. The number of nitrogen functional groups attached to an aromatic ring is 1. The number of nitrogens with zero attached hydrogens (tertiary/aromatic N) is 3. The molecule has 142 valence electrons. The maximum atomic E-state index is 6.43. The molecule has 0 fully saturated rings. The van der Waals surface area contributed by atoms with Crippen LogP contribution in [0, 0.1) is 6.92 Å². The van der Waals surface area contributed by atoms with Gasteiger partial charge in [-0.1, -0.05) is 33.3 Å². The van der Waals surface area contributed by atoms with E-state index in [2.05, 4.69) is 82.0 Å². The van der Waals surface area contributed by atoms with Crippen molar-refractivity contribution in [2.75, 3.05) is 29.0 Å². The van der Waals surface area contributed by atoms with E-state index in [0.29, 0.717) is 23.2 Å². The molecule has 0 radical (unpaired) electrons. The molecule has 0 aliphatic rings. The Bertz CT molecular complexity index is 745. The number of aromatic nitrogens is 2. The fourth-order valence-corrected chi connectivity index (χ4v) is 3.28. The van der Waals surface area contributed by atoms with Crippen molar-refractivity contribution in [3.05, 3.63) is 34.1 Å². The second-order valence-corrected chi connectivity index (χ2v) is 7.66. The highest BCUT2D eigenvalue weighted by atomic mass is 79.9. The van der Waals surface area contributed by atoms with E-state index in [1.807, 2.05) is 6.92 Å². The van der Waals surface area contributed by atoms with Crippen LogP contribution in [-0.2, 0) is 0 Å². The highest BCUT2D eigenvalue weighted by Gasteiger charge is 2.16. The van der Waals surface area contributed by atoms with Crippen LogP contribution in [0.25, 0.3) is 0 Å². The van der Waals surface area contributed by atoms with E-state index in [4.69, 9.17) is 5.73 Å². The normalized spacial score (nSPS) is 11.0. The zero-order valence-corrected chi connectivity index (χ0v) is 18.0. The summed E-state index contributed by atoms with van der Waals surface area (Å²) in [6, 6.07) is 6.32. The lowest BCUT2D eigenvalue weighted by molar-refractivity contribution is 0.722. The van der Waals surface area contributed by atoms with Crippen molar-refractivity contribution in [1.82, 2.24) is 9.97 Å². The second-order valence-electron chi connectivity index (χ2n) is 6.81. The molecule has 0 amide bonds. The summed E-state index contributed by atoms with van der Waals surface area (Å²) < 4.78 is 0.999. The van der Waals surface area contributed by atoms with Gasteiger partial charge in [0.25, 0.3) is 0 Å². The quantitative estimate of drug-likeness (QED) is 0.580. The lowest BCUT2D eigenvalue weighted by atomic mass is 10.0. The maximum Gasteiger partial charge on any atom is 0.159 e. The predicted molar refractivity (Wildman–Crippen MR) is 115 cm³/mol. The molecule has 5 nitrogen and oxygen atoms in total. The number of nitrogens with two attached hydrogens (primary N) is 1. The van der Waals surface area contributed by atoms with Gasteiger partial charge in [-0.25, -0.2) is 9.97 Å². The number of halogens is 1. The Morgan fingerprint density at radius 1 is 1.23 bits per heavy atom. The summed E-state index contributed by atoms with van der Waals surface area (Å²) >= 11 is 3.65. The van der Waals surface area contributed by atoms with E-state index < -0.39 is 0 Å². The lowest BCUT2D eigenvalue weighted by Gasteiger charge is -2.24. The Kier molecular flexibility index (Phi) is 7.26. The first-order valence-electron chi connectivity index (χ1n) is 9.32. The number of aryl methyl sites for hydroxylation is 1. The first-order valence-corrected chi connectivity index (χ1v) is 10.1. The second kappa shape index (κ2) is 9.21. The molecule has 0 unspecified atom stereocenters. The van der Waals surface area contributed by atoms with Crippen molar-refractivity contribution >= 4 is 38.9 Å². The largest absolute Gasteiger partial charge is 0.393 e. The van der Waals surface area contributed by atoms with Gasteiger partial charge in [-0.05, 0) is 59.8 Å². The van der Waals surface area contributed by atoms with E-state index in [1.165, 1.54) is 5.56 Å². The summed E-state index contributed by atoms with van der Waals surface area (Å²) in [5, 5.41) is 3.37. The van der Waals surface area contributed by atoms with Gasteiger partial charge in [-0.2, -0.15) is 0 Å². The molecule has 0 saturated carbocycles. The predicted octanol–water partition coefficient (Wildman–Crippen LogP) is 5.62. The Balaban J connectivity index is 2.35. The van der Waals surface area contributed by atoms with Gasteiger partial charge in [0.05, 0.1) is 5.69 Å². The van der Waals surface area contributed by atoms with Gasteiger partial charge in [-0.15, -0.1) is 0 Å². The van der Waals surface area contributed by atoms with Crippen LogP contribution in [0.15, 0.2) is 22.7 Å². The standard InChI is InChI=1S/C20H30BrN5/c1-6-8-11-26(7-2)20-18(22)19(23-14(5)24-20)25-17-10-9-15(13(3)4)12-16(17)21/h9-10,12-13H,6-8,11,22H2,1-5H3,(H,23,24,25). The third-order valence-corrected chi connectivity index (χ3v) is 5.07. The summed E-state index contributed by atoms with van der Waals surface area (Å²) in [5.74, 6) is 2.66. The van der Waals surface area contributed by atoms with Crippen LogP contribution in [0.5, 0.6) is 0 Å². The third-order valence-electron chi connectivity index (χ3n) is 4.41. The van der Waals surface area contributed by atoms with Crippen molar-refractivity contribution in [1.29, 1.82) is 0 Å². The fraction of sp³-hybridized carbons (Fsp3) is 0.500. The summed E-state index contributed by atoms with van der Waals surface area (Å²) in [6.45, 7) is 12.4. The number of nitrogens with one attached hydrogen (secondary N) is 1. The van der Waals surface area contributed by atoms with Crippen LogP contribution >= 0.6 is 15.9 Å². The minimum Gasteiger partial charge on any atom is -0.393 e. The van der Waals surface area contributed by atoms with Gasteiger partial charge in [0, 0.05) is 17.6 Å². The molecule has 0 spiro atoms. The van der Waals surface area contributed by atoms with Gasteiger partial charge in [0.1, 0.15) is 11.5 Å². The van der Waals surface area contributed by atoms with Gasteiger partial charge in [-0.3, -0.25) is 0 Å². The van der Waals surface area contributed by atoms with Crippen LogP contribution < -0.4 is 16.0 Å². The van der Waals surface area contributed by atoms with Gasteiger partial charge in [0.15, 0.2) is 11.6 Å². The van der Waals surface area contributed by atoms with Crippen LogP contribution in [-0.4, -0.2) is 23.1 Å². The molecular weight excluding hydrogens is 390 g/mol. The van der Waals surface area contributed by atoms with Crippen LogP contribution in [0.2, 0.25) is 0 Å². The van der Waals surface area contributed by atoms with E-state index in [9.17, 15) is 0 Å². The summed E-state index contributed by atoms with van der Waals surface area (Å²) in [7, 11) is 0. The molecule has 2 aromatic rings. The molecule has 2 rings (SSSR count). The Morgan fingerprint density at radius 3 is 2.54 bits per heavy atom. The molecule has 26 heavy (non-hydrogen) atoms. The van der Waals surface area contributed by atoms with Crippen molar-refractivity contribution in [3.63, 3.8) is 0 Å². The summed E-state index contributed by atoms with van der Waals surface area (Å²) in [5.41, 5.74) is 9.25. The van der Waals surface area contributed by atoms with Gasteiger partial charge < -0.3 is 16.0 Å². The summed E-state index contributed by atoms with van der Waals surface area (Å²) in [4.78, 5) is 11.3. The number of unbranched alkanes of at least 4 members (excludes halogenated alkanes) is 1. The molecule has 0 aliphatic carbocycles. The third kappa shape index (κ3) is 4.87. The van der Waals surface area contributed by atoms with E-state index in [-0.39, 0.29) is 0 Å². The molecule has 6 heteroatoms. The van der Waals surface area contributed by atoms with Gasteiger partial charge >= 0.3 is 0 Å². The SMILES string of the molecule is CCCCN(CC)c1nc(C)nc(Nc2ccc(C(C)C)cc2Br)c1N. The molecule has 0 aliphatic heterocycles. The first kappa shape index (κ1) is 20.5. The van der Waals surface area contributed by atoms with Crippen LogP contribution in [0.3, 0.4) is 0 Å². The minimum absolute atomic E-state index is 0.481.